The van der Waals surface area contributed by atoms with Crippen LogP contribution in [0.2, 0.25) is 0 Å². The first kappa shape index (κ1) is 16.0. The lowest BCUT2D eigenvalue weighted by atomic mass is 10.2. The summed E-state index contributed by atoms with van der Waals surface area (Å²) in [6, 6.07) is 20.1. The molecule has 0 aliphatic rings. The summed E-state index contributed by atoms with van der Waals surface area (Å²) in [5.74, 6) is 0. The van der Waals surface area contributed by atoms with E-state index in [0.29, 0.717) is 0 Å². The van der Waals surface area contributed by atoms with Crippen molar-refractivity contribution in [3.63, 3.8) is 0 Å². The molecule has 0 amide bonds. The molecule has 0 N–H and O–H groups in total. The zero-order chi connectivity index (χ0) is 15.1. The van der Waals surface area contributed by atoms with Crippen LogP contribution in [-0.4, -0.2) is 5.66 Å². The average molecular weight is 300 g/mol. The molecule has 21 heavy (non-hydrogen) atoms. The molecule has 0 heterocycles. The molecule has 0 aliphatic carbocycles. The Morgan fingerprint density at radius 1 is 0.762 bits per heavy atom. The highest BCUT2D eigenvalue weighted by atomic mass is 31.2. The van der Waals surface area contributed by atoms with Gasteiger partial charge in [-0.25, -0.2) is 0 Å². The smallest absolute Gasteiger partial charge is 0.146 e. The Labute approximate surface area is 128 Å². The summed E-state index contributed by atoms with van der Waals surface area (Å²) in [5.41, 5.74) is 0.247. The van der Waals surface area contributed by atoms with Gasteiger partial charge in [-0.2, -0.15) is 0 Å². The first-order chi connectivity index (χ1) is 10.2. The van der Waals surface area contributed by atoms with E-state index in [-0.39, 0.29) is 5.66 Å². The number of benzene rings is 2. The maximum absolute atomic E-state index is 14.1. The van der Waals surface area contributed by atoms with Gasteiger partial charge in [0.2, 0.25) is 0 Å². The van der Waals surface area contributed by atoms with Crippen LogP contribution in [0.4, 0.5) is 0 Å². The van der Waals surface area contributed by atoms with E-state index in [2.05, 4.69) is 13.8 Å². The van der Waals surface area contributed by atoms with Gasteiger partial charge in [0.1, 0.15) is 7.14 Å². The summed E-state index contributed by atoms with van der Waals surface area (Å²) >= 11 is 0. The molecule has 0 atom stereocenters. The van der Waals surface area contributed by atoms with E-state index >= 15 is 0 Å². The predicted octanol–water partition coefficient (Wildman–Crippen LogP) is 4.97. The van der Waals surface area contributed by atoms with Gasteiger partial charge < -0.3 is 4.57 Å². The topological polar surface area (TPSA) is 17.1 Å². The van der Waals surface area contributed by atoms with Crippen molar-refractivity contribution in [1.29, 1.82) is 0 Å². The Kier molecular flexibility index (Phi) is 5.82. The van der Waals surface area contributed by atoms with Gasteiger partial charge in [-0.1, -0.05) is 87.4 Å². The van der Waals surface area contributed by atoms with Gasteiger partial charge in [0, 0.05) is 16.3 Å². The Bertz CT molecular complexity index is 528. The third-order valence-electron chi connectivity index (χ3n) is 4.04. The van der Waals surface area contributed by atoms with Crippen LogP contribution in [-0.2, 0) is 4.57 Å². The largest absolute Gasteiger partial charge is 0.313 e. The van der Waals surface area contributed by atoms with Crippen LogP contribution in [0.25, 0.3) is 0 Å². The second-order valence-electron chi connectivity index (χ2n) is 5.56. The lowest BCUT2D eigenvalue weighted by Gasteiger charge is -2.28. The molecule has 0 saturated carbocycles. The molecule has 0 bridgehead atoms. The van der Waals surface area contributed by atoms with Crippen molar-refractivity contribution < 1.29 is 4.57 Å². The molecule has 0 radical (unpaired) electrons. The summed E-state index contributed by atoms with van der Waals surface area (Å²) < 4.78 is 14.1. The van der Waals surface area contributed by atoms with E-state index in [9.17, 15) is 4.57 Å². The van der Waals surface area contributed by atoms with E-state index in [1.54, 1.807) is 0 Å². The molecule has 2 aromatic rings. The molecule has 112 valence electrons. The fourth-order valence-corrected chi connectivity index (χ4v) is 6.66. The van der Waals surface area contributed by atoms with Crippen molar-refractivity contribution in [3.8, 4) is 0 Å². The van der Waals surface area contributed by atoms with Crippen LogP contribution in [0.5, 0.6) is 0 Å². The zero-order valence-corrected chi connectivity index (χ0v) is 13.9. The molecule has 0 spiro atoms. The van der Waals surface area contributed by atoms with E-state index in [1.807, 2.05) is 60.7 Å². The van der Waals surface area contributed by atoms with Gasteiger partial charge in [0.25, 0.3) is 0 Å². The van der Waals surface area contributed by atoms with Gasteiger partial charge >= 0.3 is 0 Å². The van der Waals surface area contributed by atoms with Gasteiger partial charge in [0.05, 0.1) is 0 Å². The molecule has 0 fully saturated rings. The summed E-state index contributed by atoms with van der Waals surface area (Å²) in [7, 11) is -2.57. The van der Waals surface area contributed by atoms with E-state index in [0.717, 1.165) is 36.3 Å². The summed E-state index contributed by atoms with van der Waals surface area (Å²) in [6.45, 7) is 4.37. The van der Waals surface area contributed by atoms with Crippen molar-refractivity contribution in [1.82, 2.24) is 0 Å². The third-order valence-corrected chi connectivity index (χ3v) is 7.71. The molecule has 2 aromatic carbocycles. The molecule has 2 heteroatoms. The maximum atomic E-state index is 14.1. The second kappa shape index (κ2) is 7.61. The molecule has 0 unspecified atom stereocenters. The molecule has 0 saturated heterocycles. The normalized spacial score (nSPS) is 11.8. The average Bonchev–Trinajstić information content (AvgIpc) is 2.55. The minimum atomic E-state index is -2.57. The molecule has 1 nitrogen and oxygen atoms in total. The Balaban J connectivity index is 2.56. The molecule has 2 rings (SSSR count). The second-order valence-corrected chi connectivity index (χ2v) is 8.64. The molecule has 0 aliphatic heterocycles. The van der Waals surface area contributed by atoms with Crippen molar-refractivity contribution >= 4 is 17.8 Å². The zero-order valence-electron chi connectivity index (χ0n) is 13.0. The Morgan fingerprint density at radius 2 is 1.14 bits per heavy atom. The minimum absolute atomic E-state index is 0.247. The molecular weight excluding hydrogens is 275 g/mol. The Hall–Kier alpha value is -1.33. The van der Waals surface area contributed by atoms with Gasteiger partial charge in [-0.3, -0.25) is 0 Å². The van der Waals surface area contributed by atoms with Crippen LogP contribution < -0.4 is 10.6 Å². The van der Waals surface area contributed by atoms with Gasteiger partial charge in [-0.05, 0) is 12.8 Å². The SMILES string of the molecule is CCCC(CCC)P(=O)(c1ccccc1)c1ccccc1. The van der Waals surface area contributed by atoms with Crippen LogP contribution in [0.15, 0.2) is 60.7 Å². The number of hydrogen-bond acceptors (Lipinski definition) is 1. The first-order valence-electron chi connectivity index (χ1n) is 7.94. The number of rotatable bonds is 7. The Morgan fingerprint density at radius 3 is 1.48 bits per heavy atom. The summed E-state index contributed by atoms with van der Waals surface area (Å²) in [5, 5.41) is 2.01. The van der Waals surface area contributed by atoms with E-state index < -0.39 is 7.14 Å². The standard InChI is InChI=1S/C19H25OP/c1-3-11-17(12-4-2)21(20,18-13-7-5-8-14-18)19-15-9-6-10-16-19/h5-10,13-17H,3-4,11-12H2,1-2H3. The molecule has 0 aromatic heterocycles. The summed E-state index contributed by atoms with van der Waals surface area (Å²) in [6.07, 6.45) is 4.20. The summed E-state index contributed by atoms with van der Waals surface area (Å²) in [4.78, 5) is 0. The lowest BCUT2D eigenvalue weighted by molar-refractivity contribution is 0.559. The van der Waals surface area contributed by atoms with Crippen molar-refractivity contribution in [2.45, 2.75) is 45.2 Å². The van der Waals surface area contributed by atoms with Crippen molar-refractivity contribution in [3.05, 3.63) is 60.7 Å². The van der Waals surface area contributed by atoms with Gasteiger partial charge in [0.15, 0.2) is 0 Å². The van der Waals surface area contributed by atoms with Crippen LogP contribution in [0, 0.1) is 0 Å². The van der Waals surface area contributed by atoms with Crippen LogP contribution in [0.3, 0.4) is 0 Å². The quantitative estimate of drug-likeness (QED) is 0.660. The highest BCUT2D eigenvalue weighted by Gasteiger charge is 2.35. The fourth-order valence-electron chi connectivity index (χ4n) is 3.04. The first-order valence-corrected chi connectivity index (χ1v) is 9.72. The van der Waals surface area contributed by atoms with Crippen molar-refractivity contribution in [2.75, 3.05) is 0 Å². The highest BCUT2D eigenvalue weighted by molar-refractivity contribution is 7.79. The predicted molar refractivity (Wildman–Crippen MR) is 93.4 cm³/mol. The van der Waals surface area contributed by atoms with E-state index in [1.165, 1.54) is 0 Å². The fraction of sp³-hybridized carbons (Fsp3) is 0.368. The third kappa shape index (κ3) is 3.47. The lowest BCUT2D eigenvalue weighted by Crippen LogP contribution is -2.25. The monoisotopic (exact) mass is 300 g/mol. The van der Waals surface area contributed by atoms with E-state index in [4.69, 9.17) is 0 Å². The maximum Gasteiger partial charge on any atom is 0.146 e. The molecular formula is C19H25OP. The minimum Gasteiger partial charge on any atom is -0.313 e. The highest BCUT2D eigenvalue weighted by Crippen LogP contribution is 2.51. The van der Waals surface area contributed by atoms with Gasteiger partial charge in [-0.15, -0.1) is 0 Å². The van der Waals surface area contributed by atoms with Crippen LogP contribution in [0.1, 0.15) is 39.5 Å². The van der Waals surface area contributed by atoms with Crippen molar-refractivity contribution in [2.24, 2.45) is 0 Å². The number of hydrogen-bond donors (Lipinski definition) is 0. The van der Waals surface area contributed by atoms with Crippen LogP contribution >= 0.6 is 7.14 Å².